The van der Waals surface area contributed by atoms with Gasteiger partial charge in [-0.3, -0.25) is 0 Å². The number of benzene rings is 1. The highest BCUT2D eigenvalue weighted by atomic mass is 35.5. The zero-order valence-electron chi connectivity index (χ0n) is 8.75. The van der Waals surface area contributed by atoms with E-state index in [9.17, 15) is 18.0 Å². The molecule has 18 heavy (non-hydrogen) atoms. The van der Waals surface area contributed by atoms with Crippen LogP contribution in [0.25, 0.3) is 0 Å². The van der Waals surface area contributed by atoms with Crippen LogP contribution in [0, 0.1) is 5.82 Å². The van der Waals surface area contributed by atoms with E-state index >= 15 is 0 Å². The molecule has 1 heterocycles. The van der Waals surface area contributed by atoms with Crippen LogP contribution < -0.4 is 5.32 Å². The van der Waals surface area contributed by atoms with Crippen molar-refractivity contribution in [2.45, 2.75) is 12.0 Å². The first-order valence-corrected chi connectivity index (χ1v) is 5.03. The van der Waals surface area contributed by atoms with Crippen molar-refractivity contribution in [1.29, 1.82) is 0 Å². The highest BCUT2D eigenvalue weighted by Gasteiger charge is 2.46. The number of ether oxygens (including phenoxy) is 1. The Kier molecular flexibility index (Phi) is 4.34. The quantitative estimate of drug-likeness (QED) is 0.864. The topological polar surface area (TPSA) is 38.3 Å². The average Bonchev–Trinajstić information content (AvgIpc) is 2.20. The van der Waals surface area contributed by atoms with E-state index in [1.54, 1.807) is 0 Å². The van der Waals surface area contributed by atoms with Crippen molar-refractivity contribution in [3.05, 3.63) is 34.6 Å². The summed E-state index contributed by atoms with van der Waals surface area (Å²) in [6.07, 6.45) is -0.971. The van der Waals surface area contributed by atoms with Crippen LogP contribution >= 0.6 is 24.0 Å². The number of alkyl halides is 2. The smallest absolute Gasteiger partial charge is 0.408 e. The Morgan fingerprint density at radius 3 is 2.67 bits per heavy atom. The number of nitrogens with one attached hydrogen (secondary N) is 1. The van der Waals surface area contributed by atoms with Gasteiger partial charge in [0.15, 0.2) is 6.61 Å². The summed E-state index contributed by atoms with van der Waals surface area (Å²) in [5, 5.41) is 1.92. The Balaban J connectivity index is 0.00000162. The summed E-state index contributed by atoms with van der Waals surface area (Å²) in [5.41, 5.74) is -0.100. The number of rotatable bonds is 1. The molecule has 2 rings (SSSR count). The Morgan fingerprint density at radius 2 is 2.06 bits per heavy atom. The van der Waals surface area contributed by atoms with Crippen molar-refractivity contribution in [2.24, 2.45) is 0 Å². The number of alkyl carbamates (subject to hydrolysis) is 1. The minimum Gasteiger partial charge on any atom is -0.443 e. The van der Waals surface area contributed by atoms with Gasteiger partial charge in [-0.25, -0.2) is 18.0 Å². The Morgan fingerprint density at radius 1 is 1.39 bits per heavy atom. The lowest BCUT2D eigenvalue weighted by molar-refractivity contribution is -0.104. The highest BCUT2D eigenvalue weighted by molar-refractivity contribution is 6.30. The van der Waals surface area contributed by atoms with Gasteiger partial charge in [0.05, 0.1) is 0 Å². The number of carbonyl (C=O) groups excluding carboxylic acids is 1. The standard InChI is InChI=1S/C10H7ClF3NO2.ClH/c11-6-1-5(2-7(12)3-6)8-10(13,14)4-17-9(16)15-8;/h1-3,8H,4H2,(H,15,16);1H/t8-;/m1./s1. The Bertz CT molecular complexity index is 450. The number of carbonyl (C=O) groups is 1. The third kappa shape index (κ3) is 3.00. The molecule has 1 aromatic carbocycles. The predicted molar refractivity (Wildman–Crippen MR) is 60.8 cm³/mol. The van der Waals surface area contributed by atoms with Crippen LogP contribution in [0.3, 0.4) is 0 Å². The van der Waals surface area contributed by atoms with Crippen LogP contribution in [0.5, 0.6) is 0 Å². The largest absolute Gasteiger partial charge is 0.443 e. The maximum atomic E-state index is 13.5. The van der Waals surface area contributed by atoms with Crippen molar-refractivity contribution < 1.29 is 22.7 Å². The van der Waals surface area contributed by atoms with Crippen LogP contribution in [0.2, 0.25) is 5.02 Å². The minimum absolute atomic E-state index is 0. The second-order valence-electron chi connectivity index (χ2n) is 3.62. The van der Waals surface area contributed by atoms with Gasteiger partial charge in [-0.1, -0.05) is 11.6 Å². The van der Waals surface area contributed by atoms with Gasteiger partial charge in [0, 0.05) is 5.02 Å². The lowest BCUT2D eigenvalue weighted by atomic mass is 10.00. The molecule has 1 amide bonds. The van der Waals surface area contributed by atoms with Gasteiger partial charge < -0.3 is 10.1 Å². The van der Waals surface area contributed by atoms with Crippen LogP contribution in [0.1, 0.15) is 11.6 Å². The molecular formula is C10H8Cl2F3NO2. The molecule has 3 nitrogen and oxygen atoms in total. The summed E-state index contributed by atoms with van der Waals surface area (Å²) in [4.78, 5) is 10.9. The summed E-state index contributed by atoms with van der Waals surface area (Å²) in [5.74, 6) is -4.06. The van der Waals surface area contributed by atoms with Gasteiger partial charge in [0.1, 0.15) is 11.9 Å². The number of halogens is 5. The molecule has 8 heteroatoms. The minimum atomic E-state index is -3.31. The Labute approximate surface area is 112 Å². The number of hydrogen-bond acceptors (Lipinski definition) is 2. The van der Waals surface area contributed by atoms with E-state index in [-0.39, 0.29) is 23.0 Å². The fourth-order valence-electron chi connectivity index (χ4n) is 1.58. The number of cyclic esters (lactones) is 1. The van der Waals surface area contributed by atoms with Crippen molar-refractivity contribution in [2.75, 3.05) is 6.61 Å². The fourth-order valence-corrected chi connectivity index (χ4v) is 1.81. The SMILES string of the molecule is Cl.O=C1N[C@H](c2cc(F)cc(Cl)c2)C(F)(F)CO1. The van der Waals surface area contributed by atoms with Crippen LogP contribution in [0.4, 0.5) is 18.0 Å². The van der Waals surface area contributed by atoms with Crippen molar-refractivity contribution in [3.8, 4) is 0 Å². The van der Waals surface area contributed by atoms with E-state index in [1.807, 2.05) is 5.32 Å². The third-order valence-electron chi connectivity index (χ3n) is 2.30. The summed E-state index contributed by atoms with van der Waals surface area (Å²) in [6.45, 7) is -1.04. The molecule has 0 bridgehead atoms. The van der Waals surface area contributed by atoms with Crippen LogP contribution in [0.15, 0.2) is 18.2 Å². The van der Waals surface area contributed by atoms with Crippen molar-refractivity contribution >= 4 is 30.1 Å². The van der Waals surface area contributed by atoms with Gasteiger partial charge in [0.25, 0.3) is 0 Å². The highest BCUT2D eigenvalue weighted by Crippen LogP contribution is 2.35. The Hall–Kier alpha value is -1.14. The molecule has 1 fully saturated rings. The van der Waals surface area contributed by atoms with E-state index in [0.717, 1.165) is 12.1 Å². The molecule has 0 spiro atoms. The van der Waals surface area contributed by atoms with Gasteiger partial charge in [-0.05, 0) is 23.8 Å². The number of amides is 1. The fraction of sp³-hybridized carbons (Fsp3) is 0.300. The van der Waals surface area contributed by atoms with E-state index < -0.39 is 30.5 Å². The molecule has 0 saturated carbocycles. The average molecular weight is 302 g/mol. The van der Waals surface area contributed by atoms with Gasteiger partial charge in [-0.2, -0.15) is 0 Å². The zero-order valence-corrected chi connectivity index (χ0v) is 10.3. The van der Waals surface area contributed by atoms with E-state index in [4.69, 9.17) is 11.6 Å². The van der Waals surface area contributed by atoms with Gasteiger partial charge >= 0.3 is 12.0 Å². The summed E-state index contributed by atoms with van der Waals surface area (Å²) < 4.78 is 44.2. The van der Waals surface area contributed by atoms with Crippen LogP contribution in [-0.2, 0) is 4.74 Å². The van der Waals surface area contributed by atoms with Gasteiger partial charge in [-0.15, -0.1) is 12.4 Å². The maximum Gasteiger partial charge on any atom is 0.408 e. The molecule has 0 aromatic heterocycles. The van der Waals surface area contributed by atoms with Crippen molar-refractivity contribution in [3.63, 3.8) is 0 Å². The molecule has 1 aromatic rings. The lowest BCUT2D eigenvalue weighted by Gasteiger charge is -2.31. The van der Waals surface area contributed by atoms with Crippen LogP contribution in [-0.4, -0.2) is 18.6 Å². The van der Waals surface area contributed by atoms with E-state index in [2.05, 4.69) is 4.74 Å². The number of hydrogen-bond donors (Lipinski definition) is 1. The molecular weight excluding hydrogens is 294 g/mol. The second-order valence-corrected chi connectivity index (χ2v) is 4.05. The monoisotopic (exact) mass is 301 g/mol. The normalized spacial score (nSPS) is 21.6. The predicted octanol–water partition coefficient (Wildman–Crippen LogP) is 3.32. The second kappa shape index (κ2) is 5.24. The molecule has 1 N–H and O–H groups in total. The lowest BCUT2D eigenvalue weighted by Crippen LogP contribution is -2.49. The maximum absolute atomic E-state index is 13.5. The molecule has 0 unspecified atom stereocenters. The van der Waals surface area contributed by atoms with E-state index in [1.165, 1.54) is 6.07 Å². The summed E-state index contributed by atoms with van der Waals surface area (Å²) in [7, 11) is 0. The molecule has 0 aliphatic carbocycles. The van der Waals surface area contributed by atoms with Gasteiger partial charge in [0.2, 0.25) is 0 Å². The first-order valence-electron chi connectivity index (χ1n) is 4.65. The van der Waals surface area contributed by atoms with E-state index in [0.29, 0.717) is 0 Å². The van der Waals surface area contributed by atoms with Crippen molar-refractivity contribution in [1.82, 2.24) is 5.32 Å². The zero-order chi connectivity index (χ0) is 12.6. The summed E-state index contributed by atoms with van der Waals surface area (Å²) in [6, 6.07) is 1.42. The molecule has 0 radical (unpaired) electrons. The molecule has 1 saturated heterocycles. The summed E-state index contributed by atoms with van der Waals surface area (Å²) >= 11 is 5.57. The molecule has 1 aliphatic rings. The first-order chi connectivity index (χ1) is 7.88. The third-order valence-corrected chi connectivity index (χ3v) is 2.52. The molecule has 1 aliphatic heterocycles. The molecule has 100 valence electrons. The first kappa shape index (κ1) is 14.9. The molecule has 1 atom stereocenters.